The summed E-state index contributed by atoms with van der Waals surface area (Å²) in [4.78, 5) is 34.8. The van der Waals surface area contributed by atoms with Gasteiger partial charge in [-0.05, 0) is 53.6 Å². The van der Waals surface area contributed by atoms with Gasteiger partial charge in [0.05, 0.1) is 36.9 Å². The van der Waals surface area contributed by atoms with E-state index in [2.05, 4.69) is 15.0 Å². The molecule has 0 unspecified atom stereocenters. The van der Waals surface area contributed by atoms with Crippen LogP contribution in [0, 0.1) is 5.21 Å². The van der Waals surface area contributed by atoms with Gasteiger partial charge in [0.1, 0.15) is 5.52 Å². The minimum atomic E-state index is -0.368. The Morgan fingerprint density at radius 1 is 0.509 bits per heavy atom. The van der Waals surface area contributed by atoms with E-state index in [1.54, 1.807) is 60.8 Å². The molecule has 0 amide bonds. The van der Waals surface area contributed by atoms with Crippen molar-refractivity contribution in [1.29, 1.82) is 0 Å². The van der Waals surface area contributed by atoms with Crippen molar-refractivity contribution in [3.8, 4) is 44.8 Å². The number of fused-ring (bicyclic) bond motifs is 2. The predicted molar refractivity (Wildman–Crippen MR) is 218 cm³/mol. The molecule has 0 bridgehead atoms. The summed E-state index contributed by atoms with van der Waals surface area (Å²) in [6.45, 7) is 0. The van der Waals surface area contributed by atoms with Gasteiger partial charge >= 0.3 is 0 Å². The average Bonchev–Trinajstić information content (AvgIpc) is 3.12. The molecule has 53 heavy (non-hydrogen) atoms. The Bertz CT molecular complexity index is 2800. The summed E-state index contributed by atoms with van der Waals surface area (Å²) >= 11 is 38.0. The second kappa shape index (κ2) is 15.2. The normalized spacial score (nSPS) is 11.1. The lowest BCUT2D eigenvalue weighted by molar-refractivity contribution is -0.592. The van der Waals surface area contributed by atoms with E-state index in [-0.39, 0.29) is 16.8 Å². The molecule has 2 N–H and O–H groups in total. The monoisotopic (exact) mass is 816 g/mol. The number of aromatic amines is 2. The Morgan fingerprint density at radius 2 is 0.962 bits per heavy atom. The third kappa shape index (κ3) is 7.12. The van der Waals surface area contributed by atoms with Gasteiger partial charge in [-0.15, -0.1) is 0 Å². The van der Waals surface area contributed by atoms with Gasteiger partial charge in [-0.2, -0.15) is 4.73 Å². The van der Waals surface area contributed by atoms with Crippen LogP contribution in [0.2, 0.25) is 30.1 Å². The van der Waals surface area contributed by atoms with Gasteiger partial charge in [-0.25, -0.2) is 0 Å². The molecule has 0 saturated heterocycles. The summed E-state index contributed by atoms with van der Waals surface area (Å²) in [7, 11) is 0. The maximum atomic E-state index is 12.6. The number of hydrogen-bond acceptors (Lipinski definition) is 4. The van der Waals surface area contributed by atoms with Gasteiger partial charge in [-0.1, -0.05) is 118 Å². The van der Waals surface area contributed by atoms with E-state index in [1.165, 1.54) is 18.3 Å². The highest BCUT2D eigenvalue weighted by Gasteiger charge is 2.23. The Balaban J connectivity index is 0.000000164. The van der Waals surface area contributed by atoms with Crippen LogP contribution in [0.1, 0.15) is 0 Å². The van der Waals surface area contributed by atoms with E-state index >= 15 is 0 Å². The number of rotatable bonds is 4. The van der Waals surface area contributed by atoms with E-state index in [4.69, 9.17) is 69.6 Å². The highest BCUT2D eigenvalue weighted by molar-refractivity contribution is 6.40. The molecule has 0 aliphatic carbocycles. The molecule has 0 atom stereocenters. The largest absolute Gasteiger partial charge is 0.618 e. The minimum Gasteiger partial charge on any atom is -0.618 e. The molecule has 8 rings (SSSR count). The number of hydrogen-bond donors (Lipinski definition) is 2. The van der Waals surface area contributed by atoms with E-state index < -0.39 is 0 Å². The summed E-state index contributed by atoms with van der Waals surface area (Å²) in [5.74, 6) is 0. The number of pyridine rings is 4. The quantitative estimate of drug-likeness (QED) is 0.136. The molecule has 13 heteroatoms. The van der Waals surface area contributed by atoms with Crippen molar-refractivity contribution in [3.63, 3.8) is 0 Å². The van der Waals surface area contributed by atoms with Crippen molar-refractivity contribution in [2.75, 3.05) is 0 Å². The molecule has 0 aliphatic rings. The van der Waals surface area contributed by atoms with Crippen molar-refractivity contribution < 1.29 is 4.73 Å². The first-order valence-corrected chi connectivity index (χ1v) is 18.0. The smallest absolute Gasteiger partial charge is 0.251 e. The lowest BCUT2D eigenvalue weighted by Gasteiger charge is -2.13. The number of benzene rings is 4. The van der Waals surface area contributed by atoms with Gasteiger partial charge in [0.2, 0.25) is 11.1 Å². The molecule has 0 radical (unpaired) electrons. The van der Waals surface area contributed by atoms with Crippen molar-refractivity contribution in [2.24, 2.45) is 0 Å². The van der Waals surface area contributed by atoms with Crippen LogP contribution >= 0.6 is 69.6 Å². The van der Waals surface area contributed by atoms with Gasteiger partial charge in [0, 0.05) is 61.9 Å². The van der Waals surface area contributed by atoms with Crippen molar-refractivity contribution >= 4 is 91.4 Å². The van der Waals surface area contributed by atoms with Gasteiger partial charge in [0.15, 0.2) is 6.20 Å². The van der Waals surface area contributed by atoms with E-state index in [0.29, 0.717) is 79.2 Å². The number of aromatic nitrogens is 4. The molecule has 4 heterocycles. The third-order valence-corrected chi connectivity index (χ3v) is 10.3. The summed E-state index contributed by atoms with van der Waals surface area (Å²) in [5.41, 5.74) is 4.70. The fourth-order valence-corrected chi connectivity index (χ4v) is 7.74. The minimum absolute atomic E-state index is 0.175. The highest BCUT2D eigenvalue weighted by atomic mass is 35.5. The molecule has 8 aromatic rings. The Hall–Kier alpha value is -4.86. The van der Waals surface area contributed by atoms with Gasteiger partial charge < -0.3 is 15.2 Å². The van der Waals surface area contributed by atoms with Crippen LogP contribution in [0.4, 0.5) is 0 Å². The topological polar surface area (TPSA) is 106 Å². The second-order valence-corrected chi connectivity index (χ2v) is 14.1. The van der Waals surface area contributed by atoms with Crippen LogP contribution in [-0.4, -0.2) is 15.0 Å². The average molecular weight is 819 g/mol. The summed E-state index contributed by atoms with van der Waals surface area (Å²) in [6.07, 6.45) is 3.02. The van der Waals surface area contributed by atoms with E-state index in [1.807, 2.05) is 42.5 Å². The van der Waals surface area contributed by atoms with E-state index in [9.17, 15) is 14.8 Å². The molecular formula is C40H22Cl6N4O3. The maximum absolute atomic E-state index is 12.6. The molecular weight excluding hydrogens is 797 g/mol. The van der Waals surface area contributed by atoms with Crippen molar-refractivity contribution in [3.05, 3.63) is 178 Å². The summed E-state index contributed by atoms with van der Waals surface area (Å²) < 4.78 is 0.641. The molecule has 0 spiro atoms. The van der Waals surface area contributed by atoms with Crippen LogP contribution in [0.25, 0.3) is 66.6 Å². The Kier molecular flexibility index (Phi) is 10.5. The lowest BCUT2D eigenvalue weighted by Crippen LogP contribution is -2.29. The molecule has 0 aliphatic heterocycles. The van der Waals surface area contributed by atoms with Gasteiger partial charge in [-0.3, -0.25) is 14.6 Å². The first-order valence-electron chi connectivity index (χ1n) is 15.7. The Labute approximate surface area is 331 Å². The van der Waals surface area contributed by atoms with Crippen LogP contribution < -0.4 is 15.8 Å². The molecule has 0 saturated carbocycles. The Morgan fingerprint density at radius 3 is 1.49 bits per heavy atom. The SMILES string of the molecule is O=c1cc(-c2ccccc2Cl)c2cc[n+]([O-])c(-c3c(Cl)cccc3Cl)c2[nH]1.O=c1cc(-c2ccccc2Cl)c2ccnc(-c3c(Cl)cccc3Cl)c2[nH]1. The number of nitrogens with one attached hydrogen (secondary N) is 2. The summed E-state index contributed by atoms with van der Waals surface area (Å²) in [5, 5.41) is 16.7. The van der Waals surface area contributed by atoms with E-state index in [0.717, 1.165) is 16.5 Å². The van der Waals surface area contributed by atoms with Crippen LogP contribution in [0.3, 0.4) is 0 Å². The standard InChI is InChI=1S/C20H11Cl3N2O2.C20H11Cl3N2O/c21-14-5-2-1-4-11(14)13-10-17(26)24-19-12(13)8-9-25(27)20(19)18-15(22)6-3-7-16(18)23;21-14-5-2-1-4-11(14)13-10-17(26)25-19-12(13)8-9-24-20(19)18-15(22)6-3-7-16(18)23/h1-10H,(H,24,26);1-10H,(H,25,26). The first kappa shape index (κ1) is 36.5. The van der Waals surface area contributed by atoms with Crippen LogP contribution in [0.5, 0.6) is 0 Å². The lowest BCUT2D eigenvalue weighted by atomic mass is 9.99. The first-order chi connectivity index (χ1) is 25.5. The summed E-state index contributed by atoms with van der Waals surface area (Å²) in [6, 6.07) is 31.2. The second-order valence-electron chi connectivity index (χ2n) is 11.6. The molecule has 4 aromatic heterocycles. The molecule has 262 valence electrons. The number of H-pyrrole nitrogens is 2. The fraction of sp³-hybridized carbons (Fsp3) is 0. The highest BCUT2D eigenvalue weighted by Crippen LogP contribution is 2.40. The predicted octanol–water partition coefficient (Wildman–Crippen LogP) is 11.7. The molecule has 0 fully saturated rings. The molecule has 4 aromatic carbocycles. The third-order valence-electron chi connectivity index (χ3n) is 8.41. The zero-order chi connectivity index (χ0) is 37.4. The van der Waals surface area contributed by atoms with Crippen LogP contribution in [0.15, 0.2) is 131 Å². The zero-order valence-electron chi connectivity index (χ0n) is 26.9. The number of nitrogens with zero attached hydrogens (tertiary/aromatic N) is 2. The fourth-order valence-electron chi connectivity index (χ4n) is 6.12. The van der Waals surface area contributed by atoms with Gasteiger partial charge in [0.25, 0.3) is 5.69 Å². The van der Waals surface area contributed by atoms with Crippen molar-refractivity contribution in [1.82, 2.24) is 15.0 Å². The zero-order valence-corrected chi connectivity index (χ0v) is 31.5. The van der Waals surface area contributed by atoms with Crippen LogP contribution in [-0.2, 0) is 0 Å². The number of halogens is 6. The maximum Gasteiger partial charge on any atom is 0.251 e. The van der Waals surface area contributed by atoms with Crippen molar-refractivity contribution in [2.45, 2.75) is 0 Å². The molecule has 7 nitrogen and oxygen atoms in total.